The second kappa shape index (κ2) is 9.62. The second-order valence-corrected chi connectivity index (χ2v) is 7.24. The summed E-state index contributed by atoms with van der Waals surface area (Å²) in [5.41, 5.74) is 0.529. The molecule has 0 saturated carbocycles. The maximum atomic E-state index is 14.0. The van der Waals surface area contributed by atoms with E-state index in [2.05, 4.69) is 15.5 Å². The van der Waals surface area contributed by atoms with Crippen LogP contribution in [0, 0.1) is 17.6 Å². The van der Waals surface area contributed by atoms with Crippen molar-refractivity contribution in [3.8, 4) is 0 Å². The van der Waals surface area contributed by atoms with Gasteiger partial charge in [0.05, 0.1) is 6.04 Å². The fraction of sp³-hybridized carbons (Fsp3) is 0.632. The zero-order valence-electron chi connectivity index (χ0n) is 15.1. The minimum atomic E-state index is -0.548. The molecular formula is C19H28ClF2N3O. The molecule has 3 rings (SSSR count). The predicted octanol–water partition coefficient (Wildman–Crippen LogP) is 3.03. The molecule has 2 fully saturated rings. The third-order valence-electron chi connectivity index (χ3n) is 5.45. The molecular weight excluding hydrogens is 360 g/mol. The van der Waals surface area contributed by atoms with Gasteiger partial charge in [-0.1, -0.05) is 6.07 Å². The summed E-state index contributed by atoms with van der Waals surface area (Å²) in [5.74, 6) is -0.583. The Morgan fingerprint density at radius 1 is 1.35 bits per heavy atom. The standard InChI is InChI=1S/C19H27F2N3O.ClH/c1-13(16-7-6-15(20)10-17(16)21)24-9-3-4-14(12-24)11-23-19(25)18-5-2-8-22-18;/h6-7,10,13-14,18,22H,2-5,8-9,11-12H2,1H3,(H,23,25);1H. The average molecular weight is 388 g/mol. The second-order valence-electron chi connectivity index (χ2n) is 7.24. The van der Waals surface area contributed by atoms with Gasteiger partial charge >= 0.3 is 0 Å². The van der Waals surface area contributed by atoms with Gasteiger partial charge in [0, 0.05) is 30.8 Å². The first kappa shape index (κ1) is 21.1. The summed E-state index contributed by atoms with van der Waals surface area (Å²) in [6.07, 6.45) is 4.04. The Hall–Kier alpha value is -1.24. The number of halogens is 3. The molecule has 2 heterocycles. The largest absolute Gasteiger partial charge is 0.354 e. The maximum absolute atomic E-state index is 14.0. The van der Waals surface area contributed by atoms with Crippen LogP contribution in [0.5, 0.6) is 0 Å². The molecule has 26 heavy (non-hydrogen) atoms. The molecule has 0 radical (unpaired) electrons. The van der Waals surface area contributed by atoms with E-state index in [1.165, 1.54) is 12.1 Å². The molecule has 1 aromatic carbocycles. The third kappa shape index (κ3) is 5.15. The highest BCUT2D eigenvalue weighted by Gasteiger charge is 2.27. The minimum absolute atomic E-state index is 0. The van der Waals surface area contributed by atoms with Gasteiger partial charge in [0.2, 0.25) is 5.91 Å². The van der Waals surface area contributed by atoms with Crippen LogP contribution in [0.25, 0.3) is 0 Å². The lowest BCUT2D eigenvalue weighted by atomic mass is 9.95. The highest BCUT2D eigenvalue weighted by molar-refractivity contribution is 5.85. The number of hydrogen-bond donors (Lipinski definition) is 2. The number of nitrogens with zero attached hydrogens (tertiary/aromatic N) is 1. The highest BCUT2D eigenvalue weighted by Crippen LogP contribution is 2.28. The number of hydrogen-bond acceptors (Lipinski definition) is 3. The van der Waals surface area contributed by atoms with Crippen molar-refractivity contribution in [2.45, 2.75) is 44.7 Å². The van der Waals surface area contributed by atoms with Gasteiger partial charge in [0.25, 0.3) is 0 Å². The quantitative estimate of drug-likeness (QED) is 0.816. The first-order chi connectivity index (χ1) is 12.0. The van der Waals surface area contributed by atoms with E-state index in [1.807, 2.05) is 6.92 Å². The van der Waals surface area contributed by atoms with E-state index < -0.39 is 11.6 Å². The van der Waals surface area contributed by atoms with Gasteiger partial charge in [0.15, 0.2) is 0 Å². The van der Waals surface area contributed by atoms with Crippen LogP contribution in [-0.2, 0) is 4.79 Å². The molecule has 2 aliphatic heterocycles. The van der Waals surface area contributed by atoms with Gasteiger partial charge in [-0.05, 0) is 57.7 Å². The number of benzene rings is 1. The Bertz CT molecular complexity index is 610. The van der Waals surface area contributed by atoms with E-state index in [4.69, 9.17) is 0 Å². The number of nitrogens with one attached hydrogen (secondary N) is 2. The molecule has 1 amide bonds. The molecule has 146 valence electrons. The van der Waals surface area contributed by atoms with Crippen LogP contribution in [0.4, 0.5) is 8.78 Å². The fourth-order valence-corrected chi connectivity index (χ4v) is 3.93. The van der Waals surface area contributed by atoms with Crippen molar-refractivity contribution in [2.75, 3.05) is 26.2 Å². The van der Waals surface area contributed by atoms with Gasteiger partial charge in [-0.25, -0.2) is 8.78 Å². The van der Waals surface area contributed by atoms with E-state index in [-0.39, 0.29) is 30.4 Å². The molecule has 0 spiro atoms. The maximum Gasteiger partial charge on any atom is 0.237 e. The van der Waals surface area contributed by atoms with Gasteiger partial charge in [-0.3, -0.25) is 9.69 Å². The lowest BCUT2D eigenvalue weighted by Crippen LogP contribution is -2.46. The molecule has 2 N–H and O–H groups in total. The first-order valence-electron chi connectivity index (χ1n) is 9.24. The van der Waals surface area contributed by atoms with Crippen molar-refractivity contribution in [3.05, 3.63) is 35.4 Å². The van der Waals surface area contributed by atoms with Crippen LogP contribution >= 0.6 is 12.4 Å². The average Bonchev–Trinajstić information content (AvgIpc) is 3.14. The summed E-state index contributed by atoms with van der Waals surface area (Å²) >= 11 is 0. The normalized spacial score (nSPS) is 24.7. The topological polar surface area (TPSA) is 44.4 Å². The molecule has 0 bridgehead atoms. The number of amides is 1. The molecule has 2 aliphatic rings. The Morgan fingerprint density at radius 3 is 2.85 bits per heavy atom. The zero-order chi connectivity index (χ0) is 17.8. The summed E-state index contributed by atoms with van der Waals surface area (Å²) < 4.78 is 27.2. The van der Waals surface area contributed by atoms with Crippen LogP contribution in [0.3, 0.4) is 0 Å². The van der Waals surface area contributed by atoms with Crippen LogP contribution in [-0.4, -0.2) is 43.0 Å². The smallest absolute Gasteiger partial charge is 0.237 e. The van der Waals surface area contributed by atoms with E-state index in [9.17, 15) is 13.6 Å². The minimum Gasteiger partial charge on any atom is -0.354 e. The third-order valence-corrected chi connectivity index (χ3v) is 5.45. The number of likely N-dealkylation sites (tertiary alicyclic amines) is 1. The van der Waals surface area contributed by atoms with Crippen molar-refractivity contribution in [1.82, 2.24) is 15.5 Å². The Kier molecular flexibility index (Phi) is 7.80. The van der Waals surface area contributed by atoms with E-state index >= 15 is 0 Å². The molecule has 3 unspecified atom stereocenters. The van der Waals surface area contributed by atoms with E-state index in [0.717, 1.165) is 51.4 Å². The van der Waals surface area contributed by atoms with Crippen LogP contribution < -0.4 is 10.6 Å². The summed E-state index contributed by atoms with van der Waals surface area (Å²) in [6.45, 7) is 5.24. The van der Waals surface area contributed by atoms with Gasteiger partial charge in [0.1, 0.15) is 11.6 Å². The summed E-state index contributed by atoms with van der Waals surface area (Å²) in [4.78, 5) is 14.4. The van der Waals surface area contributed by atoms with E-state index in [1.54, 1.807) is 0 Å². The Morgan fingerprint density at radius 2 is 2.15 bits per heavy atom. The van der Waals surface area contributed by atoms with Crippen LogP contribution in [0.2, 0.25) is 0 Å². The van der Waals surface area contributed by atoms with Crippen molar-refractivity contribution < 1.29 is 13.6 Å². The van der Waals surface area contributed by atoms with Crippen molar-refractivity contribution >= 4 is 18.3 Å². The van der Waals surface area contributed by atoms with Crippen molar-refractivity contribution in [3.63, 3.8) is 0 Å². The van der Waals surface area contributed by atoms with Crippen LogP contribution in [0.1, 0.15) is 44.2 Å². The number of carbonyl (C=O) groups excluding carboxylic acids is 1. The SMILES string of the molecule is CC(c1ccc(F)cc1F)N1CCCC(CNC(=O)C2CCCN2)C1.Cl. The van der Waals surface area contributed by atoms with Crippen molar-refractivity contribution in [2.24, 2.45) is 5.92 Å². The molecule has 7 heteroatoms. The molecule has 0 aliphatic carbocycles. The number of piperidine rings is 1. The Labute approximate surface area is 160 Å². The predicted molar refractivity (Wildman–Crippen MR) is 100 cm³/mol. The summed E-state index contributed by atoms with van der Waals surface area (Å²) in [6, 6.07) is 3.64. The van der Waals surface area contributed by atoms with Gasteiger partial charge in [-0.15, -0.1) is 12.4 Å². The number of rotatable bonds is 5. The van der Waals surface area contributed by atoms with Gasteiger partial charge in [-0.2, -0.15) is 0 Å². The first-order valence-corrected chi connectivity index (χ1v) is 9.24. The summed E-state index contributed by atoms with van der Waals surface area (Å²) in [7, 11) is 0. The van der Waals surface area contributed by atoms with Crippen molar-refractivity contribution in [1.29, 1.82) is 0 Å². The molecule has 2 saturated heterocycles. The van der Waals surface area contributed by atoms with Crippen LogP contribution in [0.15, 0.2) is 18.2 Å². The van der Waals surface area contributed by atoms with E-state index in [0.29, 0.717) is 18.0 Å². The lowest BCUT2D eigenvalue weighted by Gasteiger charge is -2.37. The fourth-order valence-electron chi connectivity index (χ4n) is 3.93. The number of carbonyl (C=O) groups is 1. The highest BCUT2D eigenvalue weighted by atomic mass is 35.5. The molecule has 0 aromatic heterocycles. The lowest BCUT2D eigenvalue weighted by molar-refractivity contribution is -0.123. The molecule has 3 atom stereocenters. The zero-order valence-corrected chi connectivity index (χ0v) is 16.0. The summed E-state index contributed by atoms with van der Waals surface area (Å²) in [5, 5.41) is 6.27. The van der Waals surface area contributed by atoms with Gasteiger partial charge < -0.3 is 10.6 Å². The molecule has 4 nitrogen and oxygen atoms in total. The Balaban J connectivity index is 0.00000243. The monoisotopic (exact) mass is 387 g/mol. The molecule has 1 aromatic rings.